The molecule has 3 aromatic rings. The summed E-state index contributed by atoms with van der Waals surface area (Å²) in [6.45, 7) is 5.25. The van der Waals surface area contributed by atoms with Crippen molar-refractivity contribution in [3.63, 3.8) is 0 Å². The molecule has 5 heteroatoms. The molecule has 3 saturated carbocycles. The average Bonchev–Trinajstić information content (AvgIpc) is 3.27. The lowest BCUT2D eigenvalue weighted by Crippen LogP contribution is -2.56. The van der Waals surface area contributed by atoms with Crippen LogP contribution in [-0.4, -0.2) is 39.5 Å². The first-order valence-corrected chi connectivity index (χ1v) is 16.0. The highest BCUT2D eigenvalue weighted by atomic mass is 16.6. The van der Waals surface area contributed by atoms with Crippen LogP contribution in [0.2, 0.25) is 0 Å². The Morgan fingerprint density at radius 3 is 2.44 bits per heavy atom. The predicted octanol–water partition coefficient (Wildman–Crippen LogP) is 7.82. The normalized spacial score (nSPS) is 33.1. The zero-order valence-electron chi connectivity index (χ0n) is 25.3. The summed E-state index contributed by atoms with van der Waals surface area (Å²) in [5.41, 5.74) is 2.58. The van der Waals surface area contributed by atoms with Crippen molar-refractivity contribution >= 4 is 16.9 Å². The van der Waals surface area contributed by atoms with E-state index in [1.165, 1.54) is 11.1 Å². The Morgan fingerprint density at radius 2 is 1.63 bits per heavy atom. The number of carbonyl (C=O) groups excluding carboxylic acids is 1. The lowest BCUT2D eigenvalue weighted by molar-refractivity contribution is -0.0989. The van der Waals surface area contributed by atoms with E-state index >= 15 is 0 Å². The largest absolute Gasteiger partial charge is 0.415 e. The molecule has 0 bridgehead atoms. The fourth-order valence-corrected chi connectivity index (χ4v) is 9.06. The molecule has 0 radical (unpaired) electrons. The predicted molar refractivity (Wildman–Crippen MR) is 169 cm³/mol. The van der Waals surface area contributed by atoms with Crippen molar-refractivity contribution in [3.05, 3.63) is 102 Å². The topological polar surface area (TPSA) is 70.0 Å². The molecular formula is C38H43NO4. The second kappa shape index (κ2) is 10.6. The van der Waals surface area contributed by atoms with Gasteiger partial charge in [-0.25, -0.2) is 4.79 Å². The summed E-state index contributed by atoms with van der Waals surface area (Å²) in [6, 6.07) is 23.7. The maximum absolute atomic E-state index is 13.9. The summed E-state index contributed by atoms with van der Waals surface area (Å²) < 4.78 is 5.98. The minimum Gasteiger partial charge on any atom is -0.410 e. The van der Waals surface area contributed by atoms with Crippen molar-refractivity contribution in [1.29, 1.82) is 0 Å². The van der Waals surface area contributed by atoms with Crippen molar-refractivity contribution in [2.24, 2.45) is 22.7 Å². The van der Waals surface area contributed by atoms with Gasteiger partial charge in [0.1, 0.15) is 5.75 Å². The van der Waals surface area contributed by atoms with E-state index in [0.29, 0.717) is 24.6 Å². The minimum atomic E-state index is -1.03. The Bertz CT molecular complexity index is 1600. The Balaban J connectivity index is 1.16. The van der Waals surface area contributed by atoms with Gasteiger partial charge in [0.25, 0.3) is 0 Å². The van der Waals surface area contributed by atoms with E-state index in [-0.39, 0.29) is 29.4 Å². The van der Waals surface area contributed by atoms with Crippen LogP contribution in [0.3, 0.4) is 0 Å². The number of nitrogens with zero attached hydrogens (tertiary/aromatic N) is 1. The van der Waals surface area contributed by atoms with Gasteiger partial charge in [0.15, 0.2) is 0 Å². The van der Waals surface area contributed by atoms with Crippen LogP contribution in [-0.2, 0) is 6.54 Å². The molecule has 0 spiro atoms. The molecule has 43 heavy (non-hydrogen) atoms. The smallest absolute Gasteiger partial charge is 0.410 e. The molecule has 2 N–H and O–H groups in total. The number of ether oxygens (including phenoxy) is 1. The Labute approximate surface area is 254 Å². The summed E-state index contributed by atoms with van der Waals surface area (Å²) in [5, 5.41) is 25.0. The van der Waals surface area contributed by atoms with Gasteiger partial charge in [-0.1, -0.05) is 97.8 Å². The second-order valence-electron chi connectivity index (χ2n) is 14.0. The zero-order valence-corrected chi connectivity index (χ0v) is 25.3. The number of hydrogen-bond donors (Lipinski definition) is 2. The van der Waals surface area contributed by atoms with E-state index < -0.39 is 11.7 Å². The molecule has 5 nitrogen and oxygen atoms in total. The fourth-order valence-electron chi connectivity index (χ4n) is 9.06. The zero-order chi connectivity index (χ0) is 29.8. The van der Waals surface area contributed by atoms with Gasteiger partial charge in [0.2, 0.25) is 0 Å². The maximum atomic E-state index is 13.9. The number of amides is 1. The van der Waals surface area contributed by atoms with E-state index in [1.54, 1.807) is 4.90 Å². The van der Waals surface area contributed by atoms with Crippen molar-refractivity contribution in [2.75, 3.05) is 6.54 Å². The average molecular weight is 578 g/mol. The summed E-state index contributed by atoms with van der Waals surface area (Å²) in [7, 11) is 0. The van der Waals surface area contributed by atoms with Crippen LogP contribution < -0.4 is 4.74 Å². The maximum Gasteiger partial charge on any atom is 0.415 e. The SMILES string of the molecule is CC12CCC(O)CC1=CC=C1C2CCC2(C)C1CCC2(O)CN(Cc1ccccc1)C(=O)Oc1ccc2ccccc2c1. The third-order valence-corrected chi connectivity index (χ3v) is 11.7. The van der Waals surface area contributed by atoms with Crippen LogP contribution in [0.25, 0.3) is 10.8 Å². The third kappa shape index (κ3) is 4.81. The van der Waals surface area contributed by atoms with E-state index in [1.807, 2.05) is 72.8 Å². The monoisotopic (exact) mass is 577 g/mol. The van der Waals surface area contributed by atoms with Crippen molar-refractivity contribution in [1.82, 2.24) is 4.90 Å². The van der Waals surface area contributed by atoms with Crippen molar-refractivity contribution < 1.29 is 19.7 Å². The molecule has 6 unspecified atom stereocenters. The minimum absolute atomic E-state index is 0.0916. The second-order valence-corrected chi connectivity index (χ2v) is 14.0. The number of aliphatic hydroxyl groups excluding tert-OH is 1. The number of aliphatic hydroxyl groups is 2. The van der Waals surface area contributed by atoms with Crippen molar-refractivity contribution in [3.8, 4) is 5.75 Å². The van der Waals surface area contributed by atoms with E-state index in [4.69, 9.17) is 4.74 Å². The number of rotatable bonds is 5. The van der Waals surface area contributed by atoms with Gasteiger partial charge < -0.3 is 19.8 Å². The van der Waals surface area contributed by atoms with E-state index in [9.17, 15) is 15.0 Å². The van der Waals surface area contributed by atoms with E-state index in [0.717, 1.165) is 54.9 Å². The Kier molecular flexibility index (Phi) is 7.02. The Hall–Kier alpha value is -3.41. The van der Waals surface area contributed by atoms with Crippen LogP contribution in [0.1, 0.15) is 64.4 Å². The number of hydrogen-bond acceptors (Lipinski definition) is 4. The van der Waals surface area contributed by atoms with Crippen LogP contribution in [0.15, 0.2) is 96.1 Å². The summed E-state index contributed by atoms with van der Waals surface area (Å²) in [4.78, 5) is 15.6. The summed E-state index contributed by atoms with van der Waals surface area (Å²) >= 11 is 0. The van der Waals surface area contributed by atoms with Crippen LogP contribution in [0, 0.1) is 22.7 Å². The molecule has 0 heterocycles. The molecule has 1 amide bonds. The third-order valence-electron chi connectivity index (χ3n) is 11.7. The number of carbonyl (C=O) groups is 1. The molecular weight excluding hydrogens is 534 g/mol. The van der Waals surface area contributed by atoms with Gasteiger partial charge in [-0.2, -0.15) is 0 Å². The van der Waals surface area contributed by atoms with Gasteiger partial charge in [-0.3, -0.25) is 0 Å². The molecule has 3 aromatic carbocycles. The highest BCUT2D eigenvalue weighted by molar-refractivity contribution is 5.84. The molecule has 4 aliphatic carbocycles. The number of benzene rings is 3. The molecule has 3 fully saturated rings. The Morgan fingerprint density at radius 1 is 0.884 bits per heavy atom. The highest BCUT2D eigenvalue weighted by Gasteiger charge is 2.62. The number of allylic oxidation sites excluding steroid dienone is 3. The molecule has 4 aliphatic rings. The highest BCUT2D eigenvalue weighted by Crippen LogP contribution is 2.66. The summed E-state index contributed by atoms with van der Waals surface area (Å²) in [5.74, 6) is 1.23. The lowest BCUT2D eigenvalue weighted by Gasteiger charge is -2.56. The van der Waals surface area contributed by atoms with Gasteiger partial charge in [0.05, 0.1) is 18.2 Å². The first-order valence-electron chi connectivity index (χ1n) is 16.0. The van der Waals surface area contributed by atoms with Gasteiger partial charge >= 0.3 is 6.09 Å². The molecule has 6 atom stereocenters. The summed E-state index contributed by atoms with van der Waals surface area (Å²) in [6.07, 6.45) is 10.1. The standard InChI is InChI=1S/C38H43NO4/c1-36-19-16-30(40)23-29(36)13-15-32-33(36)17-20-37(2)34(32)18-21-38(37,42)25-39(24-26-8-4-3-5-9-26)35(41)43-31-14-12-27-10-6-7-11-28(27)22-31/h3-15,22,30,33-34,40,42H,16-21,23-25H2,1-2H3. The van der Waals surface area contributed by atoms with E-state index in [2.05, 4.69) is 26.0 Å². The first kappa shape index (κ1) is 28.4. The van der Waals surface area contributed by atoms with Crippen LogP contribution in [0.4, 0.5) is 4.79 Å². The van der Waals surface area contributed by atoms with Gasteiger partial charge in [-0.05, 0) is 90.7 Å². The quantitative estimate of drug-likeness (QED) is 0.324. The molecule has 0 saturated heterocycles. The van der Waals surface area contributed by atoms with Gasteiger partial charge in [0, 0.05) is 12.0 Å². The number of fused-ring (bicyclic) bond motifs is 6. The molecule has 0 aliphatic heterocycles. The van der Waals surface area contributed by atoms with Gasteiger partial charge in [-0.15, -0.1) is 0 Å². The van der Waals surface area contributed by atoms with Crippen molar-refractivity contribution in [2.45, 2.75) is 77.0 Å². The molecule has 7 rings (SSSR count). The van der Waals surface area contributed by atoms with Crippen LogP contribution >= 0.6 is 0 Å². The van der Waals surface area contributed by atoms with Crippen LogP contribution in [0.5, 0.6) is 5.75 Å². The fraction of sp³-hybridized carbons (Fsp3) is 0.447. The lowest BCUT2D eigenvalue weighted by atomic mass is 9.50. The first-order chi connectivity index (χ1) is 20.7. The molecule has 0 aromatic heterocycles. The molecule has 224 valence electrons.